The van der Waals surface area contributed by atoms with Crippen molar-refractivity contribution in [3.63, 3.8) is 0 Å². The molecule has 1 heteroatoms. The Morgan fingerprint density at radius 1 is 1.40 bits per heavy atom. The van der Waals surface area contributed by atoms with Crippen LogP contribution in [-0.4, -0.2) is 13.1 Å². The lowest BCUT2D eigenvalue weighted by molar-refractivity contribution is 0.541. The van der Waals surface area contributed by atoms with E-state index in [0.29, 0.717) is 0 Å². The van der Waals surface area contributed by atoms with Crippen LogP contribution in [0, 0.1) is 11.8 Å². The minimum atomic E-state index is 0.732. The van der Waals surface area contributed by atoms with E-state index in [-0.39, 0.29) is 0 Å². The zero-order chi connectivity index (χ0) is 10.5. The predicted octanol–water partition coefficient (Wildman–Crippen LogP) is 2.33. The Labute approximate surface area is 91.9 Å². The fourth-order valence-electron chi connectivity index (χ4n) is 2.10. The first kappa shape index (κ1) is 10.3. The van der Waals surface area contributed by atoms with E-state index in [1.165, 1.54) is 17.5 Å². The number of nitrogens with one attached hydrogen (secondary N) is 1. The van der Waals surface area contributed by atoms with Crippen LogP contribution in [0.25, 0.3) is 0 Å². The van der Waals surface area contributed by atoms with Gasteiger partial charge in [0.25, 0.3) is 0 Å². The quantitative estimate of drug-likeness (QED) is 0.579. The predicted molar refractivity (Wildman–Crippen MR) is 63.8 cm³/mol. The van der Waals surface area contributed by atoms with Crippen LogP contribution < -0.4 is 5.32 Å². The Hall–Kier alpha value is -1.26. The summed E-state index contributed by atoms with van der Waals surface area (Å²) in [6, 6.07) is 8.73. The molecule has 0 aliphatic heterocycles. The van der Waals surface area contributed by atoms with Gasteiger partial charge in [0, 0.05) is 25.4 Å². The van der Waals surface area contributed by atoms with Crippen LogP contribution in [0.3, 0.4) is 0 Å². The Morgan fingerprint density at radius 2 is 2.27 bits per heavy atom. The molecule has 1 aliphatic carbocycles. The third kappa shape index (κ3) is 2.40. The topological polar surface area (TPSA) is 12.0 Å². The van der Waals surface area contributed by atoms with Crippen molar-refractivity contribution in [2.75, 3.05) is 13.1 Å². The maximum Gasteiger partial charge on any atom is 0.0214 e. The molecule has 1 aliphatic rings. The van der Waals surface area contributed by atoms with Gasteiger partial charge < -0.3 is 5.32 Å². The first-order chi connectivity index (χ1) is 7.42. The molecule has 2 rings (SSSR count). The van der Waals surface area contributed by atoms with Crippen molar-refractivity contribution in [2.45, 2.75) is 25.7 Å². The molecule has 0 fully saturated rings. The van der Waals surface area contributed by atoms with Crippen LogP contribution in [0.15, 0.2) is 24.3 Å². The first-order valence-electron chi connectivity index (χ1n) is 5.60. The number of benzene rings is 1. The van der Waals surface area contributed by atoms with Crippen molar-refractivity contribution >= 4 is 0 Å². The molecule has 1 aromatic carbocycles. The van der Waals surface area contributed by atoms with E-state index in [1.54, 1.807) is 0 Å². The van der Waals surface area contributed by atoms with Crippen LogP contribution in [-0.2, 0) is 6.42 Å². The summed E-state index contributed by atoms with van der Waals surface area (Å²) in [6.45, 7) is 4.00. The Morgan fingerprint density at radius 3 is 3.07 bits per heavy atom. The van der Waals surface area contributed by atoms with Crippen LogP contribution in [0.1, 0.15) is 30.4 Å². The molecule has 0 aromatic heterocycles. The minimum absolute atomic E-state index is 0.732. The van der Waals surface area contributed by atoms with E-state index in [0.717, 1.165) is 25.4 Å². The molecule has 1 atom stereocenters. The summed E-state index contributed by atoms with van der Waals surface area (Å²) < 4.78 is 0. The lowest BCUT2D eigenvalue weighted by Gasteiger charge is -2.30. The van der Waals surface area contributed by atoms with Crippen molar-refractivity contribution in [1.29, 1.82) is 0 Å². The molecular weight excluding hydrogens is 182 g/mol. The molecule has 1 N–H and O–H groups in total. The summed E-state index contributed by atoms with van der Waals surface area (Å²) in [6.07, 6.45) is 2.20. The van der Waals surface area contributed by atoms with Gasteiger partial charge in [-0.25, -0.2) is 0 Å². The SMILES string of the molecule is CC#CCCNCC1Cc2ccccc21. The van der Waals surface area contributed by atoms with Crippen molar-refractivity contribution in [1.82, 2.24) is 5.32 Å². The fraction of sp³-hybridized carbons (Fsp3) is 0.429. The monoisotopic (exact) mass is 199 g/mol. The molecule has 0 heterocycles. The highest BCUT2D eigenvalue weighted by molar-refractivity contribution is 5.40. The third-order valence-electron chi connectivity index (χ3n) is 2.96. The molecule has 0 saturated carbocycles. The zero-order valence-corrected chi connectivity index (χ0v) is 9.22. The van der Waals surface area contributed by atoms with Gasteiger partial charge in [-0.1, -0.05) is 24.3 Å². The van der Waals surface area contributed by atoms with E-state index in [4.69, 9.17) is 0 Å². The second-order valence-corrected chi connectivity index (χ2v) is 3.98. The van der Waals surface area contributed by atoms with Gasteiger partial charge >= 0.3 is 0 Å². The molecule has 1 aromatic rings. The van der Waals surface area contributed by atoms with E-state index < -0.39 is 0 Å². The first-order valence-corrected chi connectivity index (χ1v) is 5.60. The molecule has 0 amide bonds. The average Bonchev–Trinajstić information content (AvgIpc) is 2.24. The fourth-order valence-corrected chi connectivity index (χ4v) is 2.10. The largest absolute Gasteiger partial charge is 0.315 e. The van der Waals surface area contributed by atoms with E-state index in [1.807, 2.05) is 6.92 Å². The standard InChI is InChI=1S/C14H17N/c1-2-3-6-9-15-11-13-10-12-7-4-5-8-14(12)13/h4-5,7-8,13,15H,6,9-11H2,1H3. The highest BCUT2D eigenvalue weighted by Gasteiger charge is 2.24. The zero-order valence-electron chi connectivity index (χ0n) is 9.22. The number of rotatable bonds is 4. The molecule has 15 heavy (non-hydrogen) atoms. The van der Waals surface area contributed by atoms with Gasteiger partial charge in [-0.05, 0) is 24.5 Å². The van der Waals surface area contributed by atoms with E-state index in [9.17, 15) is 0 Å². The van der Waals surface area contributed by atoms with Gasteiger partial charge in [0.05, 0.1) is 0 Å². The summed E-state index contributed by atoms with van der Waals surface area (Å²) in [4.78, 5) is 0. The molecule has 1 nitrogen and oxygen atoms in total. The lowest BCUT2D eigenvalue weighted by atomic mass is 9.77. The van der Waals surface area contributed by atoms with Gasteiger partial charge in [0.2, 0.25) is 0 Å². The molecular formula is C14H17N. The van der Waals surface area contributed by atoms with Crippen LogP contribution in [0.2, 0.25) is 0 Å². The highest BCUT2D eigenvalue weighted by Crippen LogP contribution is 2.33. The molecule has 0 radical (unpaired) electrons. The van der Waals surface area contributed by atoms with Crippen LogP contribution in [0.5, 0.6) is 0 Å². The Kier molecular flexibility index (Phi) is 3.42. The third-order valence-corrected chi connectivity index (χ3v) is 2.96. The van der Waals surface area contributed by atoms with Crippen molar-refractivity contribution in [2.24, 2.45) is 0 Å². The summed E-state index contributed by atoms with van der Waals surface area (Å²) >= 11 is 0. The smallest absolute Gasteiger partial charge is 0.0214 e. The second-order valence-electron chi connectivity index (χ2n) is 3.98. The summed E-state index contributed by atoms with van der Waals surface area (Å²) in [5, 5.41) is 3.46. The summed E-state index contributed by atoms with van der Waals surface area (Å²) in [5.74, 6) is 6.71. The lowest BCUT2D eigenvalue weighted by Crippen LogP contribution is -2.29. The molecule has 1 unspecified atom stereocenters. The van der Waals surface area contributed by atoms with E-state index in [2.05, 4.69) is 41.4 Å². The molecule has 0 spiro atoms. The maximum absolute atomic E-state index is 3.46. The van der Waals surface area contributed by atoms with E-state index >= 15 is 0 Å². The number of fused-ring (bicyclic) bond motifs is 1. The molecule has 0 bridgehead atoms. The van der Waals surface area contributed by atoms with Crippen molar-refractivity contribution in [3.8, 4) is 11.8 Å². The molecule has 0 saturated heterocycles. The highest BCUT2D eigenvalue weighted by atomic mass is 14.9. The Balaban J connectivity index is 1.72. The van der Waals surface area contributed by atoms with Crippen molar-refractivity contribution in [3.05, 3.63) is 35.4 Å². The average molecular weight is 199 g/mol. The number of hydrogen-bond donors (Lipinski definition) is 1. The van der Waals surface area contributed by atoms with Gasteiger partial charge in [-0.15, -0.1) is 11.8 Å². The minimum Gasteiger partial charge on any atom is -0.315 e. The van der Waals surface area contributed by atoms with Gasteiger partial charge in [-0.2, -0.15) is 0 Å². The summed E-state index contributed by atoms with van der Waals surface area (Å²) in [7, 11) is 0. The number of hydrogen-bond acceptors (Lipinski definition) is 1. The van der Waals surface area contributed by atoms with Gasteiger partial charge in [0.1, 0.15) is 0 Å². The molecule has 78 valence electrons. The second kappa shape index (κ2) is 5.00. The van der Waals surface area contributed by atoms with Gasteiger partial charge in [0.15, 0.2) is 0 Å². The van der Waals surface area contributed by atoms with Crippen molar-refractivity contribution < 1.29 is 0 Å². The normalized spacial score (nSPS) is 17.3. The van der Waals surface area contributed by atoms with Crippen LogP contribution >= 0.6 is 0 Å². The maximum atomic E-state index is 3.46. The Bertz CT molecular complexity index is 384. The van der Waals surface area contributed by atoms with Gasteiger partial charge in [-0.3, -0.25) is 0 Å². The van der Waals surface area contributed by atoms with Crippen LogP contribution in [0.4, 0.5) is 0 Å². The summed E-state index contributed by atoms with van der Waals surface area (Å²) in [5.41, 5.74) is 3.06.